The number of nitrogens with zero attached hydrogens (tertiary/aromatic N) is 1. The number of hydrogen-bond donors (Lipinski definition) is 1. The molecule has 1 amide bonds. The van der Waals surface area contributed by atoms with Crippen LogP contribution in [0.15, 0.2) is 24.3 Å². The maximum atomic E-state index is 12.1. The molecule has 0 radical (unpaired) electrons. The molecule has 0 saturated heterocycles. The molecule has 0 bridgehead atoms. The first kappa shape index (κ1) is 13.6. The first-order chi connectivity index (χ1) is 9.01. The summed E-state index contributed by atoms with van der Waals surface area (Å²) in [7, 11) is 0. The van der Waals surface area contributed by atoms with E-state index in [9.17, 15) is 4.79 Å². The molecule has 0 unspecified atom stereocenters. The second-order valence-corrected chi connectivity index (χ2v) is 5.77. The van der Waals surface area contributed by atoms with Crippen molar-refractivity contribution in [2.24, 2.45) is 0 Å². The van der Waals surface area contributed by atoms with Gasteiger partial charge in [-0.25, -0.2) is 0 Å². The van der Waals surface area contributed by atoms with Crippen molar-refractivity contribution < 1.29 is 4.79 Å². The van der Waals surface area contributed by atoms with Crippen LogP contribution in [0.1, 0.15) is 25.7 Å². The lowest BCUT2D eigenvalue weighted by molar-refractivity contribution is 0.103. The van der Waals surface area contributed by atoms with Gasteiger partial charge in [0.25, 0.3) is 5.91 Å². The van der Waals surface area contributed by atoms with Crippen LogP contribution in [-0.4, -0.2) is 5.91 Å². The first-order valence-corrected chi connectivity index (χ1v) is 6.78. The molecule has 0 fully saturated rings. The van der Waals surface area contributed by atoms with Crippen molar-refractivity contribution in [3.63, 3.8) is 0 Å². The number of benzene rings is 1. The normalized spacial score (nSPS) is 10.0. The Morgan fingerprint density at radius 1 is 1.37 bits per heavy atom. The van der Waals surface area contributed by atoms with Crippen LogP contribution in [0.25, 0.3) is 0 Å². The van der Waals surface area contributed by atoms with Gasteiger partial charge in [-0.2, -0.15) is 5.26 Å². The van der Waals surface area contributed by atoms with Crippen molar-refractivity contribution in [2.75, 3.05) is 5.32 Å². The fourth-order valence-corrected chi connectivity index (χ4v) is 2.65. The minimum Gasteiger partial charge on any atom is -0.320 e. The zero-order valence-electron chi connectivity index (χ0n) is 10.5. The molecule has 0 aliphatic carbocycles. The average molecular weight is 291 g/mol. The van der Waals surface area contributed by atoms with E-state index in [4.69, 9.17) is 16.9 Å². The number of amides is 1. The summed E-state index contributed by atoms with van der Waals surface area (Å²) in [5.74, 6) is -0.210. The summed E-state index contributed by atoms with van der Waals surface area (Å²) >= 11 is 7.44. The quantitative estimate of drug-likeness (QED) is 0.903. The molecule has 2 aromatic rings. The van der Waals surface area contributed by atoms with Crippen molar-refractivity contribution in [1.29, 1.82) is 5.26 Å². The fraction of sp³-hybridized carbons (Fsp3) is 0.143. The van der Waals surface area contributed by atoms with Crippen LogP contribution >= 0.6 is 22.9 Å². The first-order valence-electron chi connectivity index (χ1n) is 5.59. The highest BCUT2D eigenvalue weighted by atomic mass is 35.5. The molecule has 1 heterocycles. The molecular weight excluding hydrogens is 280 g/mol. The van der Waals surface area contributed by atoms with E-state index in [1.807, 2.05) is 26.0 Å². The smallest absolute Gasteiger partial charge is 0.265 e. The van der Waals surface area contributed by atoms with Crippen LogP contribution in [0.5, 0.6) is 0 Å². The molecule has 1 N–H and O–H groups in total. The van der Waals surface area contributed by atoms with E-state index in [2.05, 4.69) is 5.32 Å². The molecule has 1 aromatic carbocycles. The Labute approximate surface area is 120 Å². The molecule has 1 aromatic heterocycles. The van der Waals surface area contributed by atoms with E-state index < -0.39 is 0 Å². The zero-order valence-corrected chi connectivity index (χ0v) is 12.0. The Hall–Kier alpha value is -1.83. The van der Waals surface area contributed by atoms with E-state index in [-0.39, 0.29) is 5.91 Å². The number of anilines is 1. The maximum Gasteiger partial charge on any atom is 0.265 e. The highest BCUT2D eigenvalue weighted by Gasteiger charge is 2.12. The molecule has 0 aliphatic rings. The number of nitriles is 1. The molecule has 0 atom stereocenters. The number of halogens is 1. The standard InChI is InChI=1S/C14H11ClN2OS/c1-8-5-13(19-9(8)2)14(18)17-12-6-10(7-16)3-4-11(12)15/h3-6H,1-2H3,(H,17,18). The minimum absolute atomic E-state index is 0.210. The van der Waals surface area contributed by atoms with Gasteiger partial charge in [0.1, 0.15) is 0 Å². The predicted octanol–water partition coefficient (Wildman–Crippen LogP) is 4.14. The van der Waals surface area contributed by atoms with Crippen molar-refractivity contribution in [1.82, 2.24) is 0 Å². The maximum absolute atomic E-state index is 12.1. The summed E-state index contributed by atoms with van der Waals surface area (Å²) in [6, 6.07) is 8.63. The van der Waals surface area contributed by atoms with Gasteiger partial charge >= 0.3 is 0 Å². The Kier molecular flexibility index (Phi) is 3.89. The van der Waals surface area contributed by atoms with Crippen LogP contribution in [-0.2, 0) is 0 Å². The summed E-state index contributed by atoms with van der Waals surface area (Å²) in [5.41, 5.74) is 2.00. The summed E-state index contributed by atoms with van der Waals surface area (Å²) < 4.78 is 0. The highest BCUT2D eigenvalue weighted by molar-refractivity contribution is 7.14. The van der Waals surface area contributed by atoms with E-state index in [0.29, 0.717) is 21.2 Å². The lowest BCUT2D eigenvalue weighted by Crippen LogP contribution is -2.10. The number of carbonyl (C=O) groups excluding carboxylic acids is 1. The second kappa shape index (κ2) is 5.43. The number of rotatable bonds is 2. The number of hydrogen-bond acceptors (Lipinski definition) is 3. The van der Waals surface area contributed by atoms with E-state index >= 15 is 0 Å². The van der Waals surface area contributed by atoms with E-state index in [1.165, 1.54) is 11.3 Å². The molecule has 3 nitrogen and oxygen atoms in total. The van der Waals surface area contributed by atoms with Gasteiger partial charge in [0, 0.05) is 4.88 Å². The minimum atomic E-state index is -0.210. The van der Waals surface area contributed by atoms with Gasteiger partial charge in [-0.15, -0.1) is 11.3 Å². The third-order valence-corrected chi connectivity index (χ3v) is 4.21. The number of thiophene rings is 1. The van der Waals surface area contributed by atoms with Crippen LogP contribution in [0.4, 0.5) is 5.69 Å². The highest BCUT2D eigenvalue weighted by Crippen LogP contribution is 2.26. The molecule has 2 rings (SSSR count). The third-order valence-electron chi connectivity index (χ3n) is 2.73. The van der Waals surface area contributed by atoms with Gasteiger partial charge in [0.15, 0.2) is 0 Å². The summed E-state index contributed by atoms with van der Waals surface area (Å²) in [6.45, 7) is 3.94. The zero-order chi connectivity index (χ0) is 14.0. The Balaban J connectivity index is 2.26. The Morgan fingerprint density at radius 3 is 2.68 bits per heavy atom. The topological polar surface area (TPSA) is 52.9 Å². The van der Waals surface area contributed by atoms with Gasteiger partial charge in [-0.3, -0.25) is 4.79 Å². The van der Waals surface area contributed by atoms with Crippen LogP contribution in [0.2, 0.25) is 5.02 Å². The van der Waals surface area contributed by atoms with Crippen molar-refractivity contribution in [3.8, 4) is 6.07 Å². The van der Waals surface area contributed by atoms with Crippen LogP contribution < -0.4 is 5.32 Å². The van der Waals surface area contributed by atoms with Crippen molar-refractivity contribution in [3.05, 3.63) is 50.2 Å². The van der Waals surface area contributed by atoms with Crippen molar-refractivity contribution in [2.45, 2.75) is 13.8 Å². The second-order valence-electron chi connectivity index (χ2n) is 4.11. The number of nitrogens with one attached hydrogen (secondary N) is 1. The molecule has 0 spiro atoms. The SMILES string of the molecule is Cc1cc(C(=O)Nc2cc(C#N)ccc2Cl)sc1C. The Bertz CT molecular complexity index is 666. The monoisotopic (exact) mass is 290 g/mol. The van der Waals surface area contributed by atoms with Gasteiger partial charge in [-0.1, -0.05) is 11.6 Å². The van der Waals surface area contributed by atoms with Gasteiger partial charge in [0.2, 0.25) is 0 Å². The summed E-state index contributed by atoms with van der Waals surface area (Å²) in [4.78, 5) is 13.8. The molecule has 0 aliphatic heterocycles. The summed E-state index contributed by atoms with van der Waals surface area (Å²) in [6.07, 6.45) is 0. The Morgan fingerprint density at radius 2 is 2.11 bits per heavy atom. The molecule has 19 heavy (non-hydrogen) atoms. The van der Waals surface area contributed by atoms with Crippen LogP contribution in [0, 0.1) is 25.2 Å². The number of carbonyl (C=O) groups is 1. The van der Waals surface area contributed by atoms with E-state index in [0.717, 1.165) is 10.4 Å². The molecular formula is C14H11ClN2OS. The molecule has 96 valence electrons. The molecule has 0 saturated carbocycles. The van der Waals surface area contributed by atoms with Crippen LogP contribution in [0.3, 0.4) is 0 Å². The number of aryl methyl sites for hydroxylation is 2. The van der Waals surface area contributed by atoms with Gasteiger partial charge in [-0.05, 0) is 43.7 Å². The van der Waals surface area contributed by atoms with Gasteiger partial charge < -0.3 is 5.32 Å². The summed E-state index contributed by atoms with van der Waals surface area (Å²) in [5, 5.41) is 12.0. The largest absolute Gasteiger partial charge is 0.320 e. The average Bonchev–Trinajstić information content (AvgIpc) is 2.72. The molecule has 5 heteroatoms. The van der Waals surface area contributed by atoms with E-state index in [1.54, 1.807) is 18.2 Å². The fourth-order valence-electron chi connectivity index (χ4n) is 1.56. The third kappa shape index (κ3) is 2.95. The lowest BCUT2D eigenvalue weighted by atomic mass is 10.2. The van der Waals surface area contributed by atoms with Crippen molar-refractivity contribution >= 4 is 34.5 Å². The van der Waals surface area contributed by atoms with Gasteiger partial charge in [0.05, 0.1) is 27.2 Å². The predicted molar refractivity (Wildman–Crippen MR) is 77.9 cm³/mol. The lowest BCUT2D eigenvalue weighted by Gasteiger charge is -2.06.